The van der Waals surface area contributed by atoms with Gasteiger partial charge in [0.15, 0.2) is 6.61 Å². The summed E-state index contributed by atoms with van der Waals surface area (Å²) in [6.45, 7) is -0.251. The Bertz CT molecular complexity index is 526. The molecule has 0 atom stereocenters. The highest BCUT2D eigenvalue weighted by molar-refractivity contribution is 5.88. The first-order chi connectivity index (χ1) is 10.0. The standard InChI is InChI=1S/C15H18FNO4/c16-11-6-10(15(19)20)7-13(8-11)21-9-14(18)17-12-4-2-1-3-5-12/h6-8,12H,1-5,9H2,(H,17,18)(H,19,20). The van der Waals surface area contributed by atoms with E-state index in [-0.39, 0.29) is 29.9 Å². The van der Waals surface area contributed by atoms with Gasteiger partial charge in [-0.15, -0.1) is 0 Å². The van der Waals surface area contributed by atoms with Gasteiger partial charge in [-0.05, 0) is 25.0 Å². The quantitative estimate of drug-likeness (QED) is 0.874. The van der Waals surface area contributed by atoms with E-state index in [0.717, 1.165) is 37.8 Å². The Morgan fingerprint density at radius 1 is 1.24 bits per heavy atom. The van der Waals surface area contributed by atoms with Crippen LogP contribution in [0.3, 0.4) is 0 Å². The van der Waals surface area contributed by atoms with Crippen LogP contribution < -0.4 is 10.1 Å². The fraction of sp³-hybridized carbons (Fsp3) is 0.467. The van der Waals surface area contributed by atoms with Crippen LogP contribution in [0, 0.1) is 5.82 Å². The van der Waals surface area contributed by atoms with E-state index in [1.807, 2.05) is 0 Å². The molecule has 0 saturated heterocycles. The van der Waals surface area contributed by atoms with E-state index in [4.69, 9.17) is 9.84 Å². The summed E-state index contributed by atoms with van der Waals surface area (Å²) in [7, 11) is 0. The molecule has 2 N–H and O–H groups in total. The predicted octanol–water partition coefficient (Wildman–Crippen LogP) is 2.35. The molecule has 0 aliphatic heterocycles. The van der Waals surface area contributed by atoms with Crippen LogP contribution in [-0.2, 0) is 4.79 Å². The minimum Gasteiger partial charge on any atom is -0.484 e. The molecule has 1 aromatic carbocycles. The molecular formula is C15H18FNO4. The fourth-order valence-corrected chi connectivity index (χ4v) is 2.43. The molecule has 21 heavy (non-hydrogen) atoms. The van der Waals surface area contributed by atoms with Crippen LogP contribution in [0.15, 0.2) is 18.2 Å². The minimum atomic E-state index is -1.24. The van der Waals surface area contributed by atoms with Crippen molar-refractivity contribution in [2.75, 3.05) is 6.61 Å². The largest absolute Gasteiger partial charge is 0.484 e. The number of hydrogen-bond acceptors (Lipinski definition) is 3. The minimum absolute atomic E-state index is 0.0335. The number of nitrogens with one attached hydrogen (secondary N) is 1. The van der Waals surface area contributed by atoms with Crippen LogP contribution in [-0.4, -0.2) is 29.6 Å². The Kier molecular flexibility index (Phi) is 5.14. The lowest BCUT2D eigenvalue weighted by Crippen LogP contribution is -2.38. The number of benzene rings is 1. The van der Waals surface area contributed by atoms with Gasteiger partial charge in [0.05, 0.1) is 5.56 Å². The van der Waals surface area contributed by atoms with Crippen molar-refractivity contribution in [2.45, 2.75) is 38.1 Å². The van der Waals surface area contributed by atoms with Gasteiger partial charge in [0.2, 0.25) is 0 Å². The summed E-state index contributed by atoms with van der Waals surface area (Å²) in [6, 6.07) is 3.33. The first-order valence-corrected chi connectivity index (χ1v) is 7.00. The van der Waals surface area contributed by atoms with E-state index < -0.39 is 11.8 Å². The Morgan fingerprint density at radius 3 is 2.62 bits per heavy atom. The number of carbonyl (C=O) groups is 2. The van der Waals surface area contributed by atoms with Crippen molar-refractivity contribution >= 4 is 11.9 Å². The number of carbonyl (C=O) groups excluding carboxylic acids is 1. The number of aromatic carboxylic acids is 1. The highest BCUT2D eigenvalue weighted by Crippen LogP contribution is 2.18. The van der Waals surface area contributed by atoms with Crippen LogP contribution in [0.25, 0.3) is 0 Å². The highest BCUT2D eigenvalue weighted by atomic mass is 19.1. The molecule has 0 unspecified atom stereocenters. The molecule has 0 spiro atoms. The van der Waals surface area contributed by atoms with Gasteiger partial charge < -0.3 is 15.2 Å². The van der Waals surface area contributed by atoms with Gasteiger partial charge in [-0.25, -0.2) is 9.18 Å². The first kappa shape index (κ1) is 15.3. The van der Waals surface area contributed by atoms with Gasteiger partial charge >= 0.3 is 5.97 Å². The van der Waals surface area contributed by atoms with Crippen LogP contribution >= 0.6 is 0 Å². The Labute approximate surface area is 122 Å². The van der Waals surface area contributed by atoms with Crippen molar-refractivity contribution in [2.24, 2.45) is 0 Å². The van der Waals surface area contributed by atoms with Crippen molar-refractivity contribution in [3.63, 3.8) is 0 Å². The second-order valence-corrected chi connectivity index (χ2v) is 5.17. The summed E-state index contributed by atoms with van der Waals surface area (Å²) in [5.74, 6) is -2.20. The number of ether oxygens (including phenoxy) is 1. The first-order valence-electron chi connectivity index (χ1n) is 7.00. The topological polar surface area (TPSA) is 75.6 Å². The normalized spacial score (nSPS) is 15.5. The number of carboxylic acids is 1. The summed E-state index contributed by atoms with van der Waals surface area (Å²) in [5.41, 5.74) is -0.210. The maximum atomic E-state index is 13.2. The molecule has 5 nitrogen and oxygen atoms in total. The summed E-state index contributed by atoms with van der Waals surface area (Å²) >= 11 is 0. The van der Waals surface area contributed by atoms with Crippen LogP contribution in [0.5, 0.6) is 5.75 Å². The second kappa shape index (κ2) is 7.06. The summed E-state index contributed by atoms with van der Waals surface area (Å²) in [6.07, 6.45) is 5.35. The van der Waals surface area contributed by atoms with Crippen LogP contribution in [0.2, 0.25) is 0 Å². The molecule has 114 valence electrons. The van der Waals surface area contributed by atoms with Gasteiger partial charge in [0.1, 0.15) is 11.6 Å². The molecule has 1 saturated carbocycles. The van der Waals surface area contributed by atoms with E-state index in [1.54, 1.807) is 0 Å². The van der Waals surface area contributed by atoms with E-state index in [2.05, 4.69) is 5.32 Å². The zero-order valence-corrected chi connectivity index (χ0v) is 11.6. The van der Waals surface area contributed by atoms with Crippen LogP contribution in [0.1, 0.15) is 42.5 Å². The third-order valence-electron chi connectivity index (χ3n) is 3.46. The van der Waals surface area contributed by atoms with Crippen LogP contribution in [0.4, 0.5) is 4.39 Å². The van der Waals surface area contributed by atoms with Crippen molar-refractivity contribution in [1.82, 2.24) is 5.32 Å². The maximum absolute atomic E-state index is 13.2. The molecule has 6 heteroatoms. The molecule has 2 rings (SSSR count). The van der Waals surface area contributed by atoms with E-state index in [0.29, 0.717) is 0 Å². The lowest BCUT2D eigenvalue weighted by atomic mass is 9.95. The third-order valence-corrected chi connectivity index (χ3v) is 3.46. The number of halogens is 1. The SMILES string of the molecule is O=C(COc1cc(F)cc(C(=O)O)c1)NC1CCCCC1. The van der Waals surface area contributed by atoms with Gasteiger partial charge in [-0.2, -0.15) is 0 Å². The zero-order chi connectivity index (χ0) is 15.2. The van der Waals surface area contributed by atoms with Gasteiger partial charge in [0.25, 0.3) is 5.91 Å². The monoisotopic (exact) mass is 295 g/mol. The predicted molar refractivity (Wildman–Crippen MR) is 73.9 cm³/mol. The highest BCUT2D eigenvalue weighted by Gasteiger charge is 2.16. The molecule has 1 amide bonds. The number of hydrogen-bond donors (Lipinski definition) is 2. The molecule has 0 radical (unpaired) electrons. The van der Waals surface area contributed by atoms with E-state index >= 15 is 0 Å². The molecule has 1 aliphatic rings. The lowest BCUT2D eigenvalue weighted by molar-refractivity contribution is -0.124. The maximum Gasteiger partial charge on any atom is 0.335 e. The number of rotatable bonds is 5. The molecule has 1 aromatic rings. The average Bonchev–Trinajstić information content (AvgIpc) is 2.45. The number of carboxylic acid groups (broad SMARTS) is 1. The Morgan fingerprint density at radius 2 is 1.95 bits per heavy atom. The second-order valence-electron chi connectivity index (χ2n) is 5.17. The summed E-state index contributed by atoms with van der Waals surface area (Å²) < 4.78 is 18.4. The third kappa shape index (κ3) is 4.73. The molecule has 0 bridgehead atoms. The van der Waals surface area contributed by atoms with Crippen molar-refractivity contribution in [1.29, 1.82) is 0 Å². The molecule has 1 fully saturated rings. The fourth-order valence-electron chi connectivity index (χ4n) is 2.43. The molecule has 0 aromatic heterocycles. The zero-order valence-electron chi connectivity index (χ0n) is 11.6. The molecule has 0 heterocycles. The van der Waals surface area contributed by atoms with Gasteiger partial charge in [0, 0.05) is 12.1 Å². The van der Waals surface area contributed by atoms with E-state index in [1.165, 1.54) is 12.5 Å². The van der Waals surface area contributed by atoms with Gasteiger partial charge in [-0.3, -0.25) is 4.79 Å². The smallest absolute Gasteiger partial charge is 0.335 e. The average molecular weight is 295 g/mol. The Balaban J connectivity index is 1.87. The van der Waals surface area contributed by atoms with E-state index in [9.17, 15) is 14.0 Å². The molecular weight excluding hydrogens is 277 g/mol. The molecule has 1 aliphatic carbocycles. The summed E-state index contributed by atoms with van der Waals surface area (Å²) in [4.78, 5) is 22.5. The summed E-state index contributed by atoms with van der Waals surface area (Å²) in [5, 5.41) is 11.7. The van der Waals surface area contributed by atoms with Crippen molar-refractivity contribution in [3.05, 3.63) is 29.6 Å². The van der Waals surface area contributed by atoms with Crippen molar-refractivity contribution < 1.29 is 23.8 Å². The Hall–Kier alpha value is -2.11. The van der Waals surface area contributed by atoms with Gasteiger partial charge in [-0.1, -0.05) is 19.3 Å². The number of amides is 1. The van der Waals surface area contributed by atoms with Crippen molar-refractivity contribution in [3.8, 4) is 5.75 Å². The lowest BCUT2D eigenvalue weighted by Gasteiger charge is -2.22.